The highest BCUT2D eigenvalue weighted by atomic mass is 16.5. The van der Waals surface area contributed by atoms with Crippen LogP contribution in [0, 0.1) is 6.92 Å². The Labute approximate surface area is 204 Å². The number of esters is 1. The molecule has 0 fully saturated rings. The molecule has 0 aliphatic carbocycles. The normalized spacial score (nSPS) is 10.6. The number of aryl methyl sites for hydroxylation is 1. The van der Waals surface area contributed by atoms with Crippen LogP contribution in [0.3, 0.4) is 0 Å². The second-order valence-electron chi connectivity index (χ2n) is 8.07. The molecule has 0 aliphatic heterocycles. The molecule has 0 bridgehead atoms. The van der Waals surface area contributed by atoms with Gasteiger partial charge >= 0.3 is 5.97 Å². The molecule has 0 saturated heterocycles. The molecule has 178 valence electrons. The zero-order valence-corrected chi connectivity index (χ0v) is 20.2. The number of nitrogens with one attached hydrogen (secondary N) is 1. The van der Waals surface area contributed by atoms with Crippen LogP contribution in [0.25, 0.3) is 21.9 Å². The topological polar surface area (TPSA) is 73.9 Å². The van der Waals surface area contributed by atoms with Gasteiger partial charge in [0, 0.05) is 11.3 Å². The second kappa shape index (κ2) is 10.3. The van der Waals surface area contributed by atoms with Crippen LogP contribution in [0.15, 0.2) is 72.8 Å². The van der Waals surface area contributed by atoms with Crippen molar-refractivity contribution in [3.8, 4) is 22.6 Å². The van der Waals surface area contributed by atoms with E-state index in [0.717, 1.165) is 27.5 Å². The average Bonchev–Trinajstić information content (AvgIpc) is 2.88. The van der Waals surface area contributed by atoms with Crippen molar-refractivity contribution in [1.29, 1.82) is 0 Å². The minimum atomic E-state index is -0.396. The molecule has 4 rings (SSSR count). The summed E-state index contributed by atoms with van der Waals surface area (Å²) in [5.41, 5.74) is 4.55. The third-order valence-corrected chi connectivity index (χ3v) is 5.74. The fourth-order valence-corrected chi connectivity index (χ4v) is 3.90. The number of benzene rings is 4. The molecule has 6 heteroatoms. The summed E-state index contributed by atoms with van der Waals surface area (Å²) in [6.07, 6.45) is 0. The van der Waals surface area contributed by atoms with Gasteiger partial charge < -0.3 is 19.5 Å². The molecule has 0 unspecified atom stereocenters. The molecule has 0 heterocycles. The van der Waals surface area contributed by atoms with E-state index in [-0.39, 0.29) is 5.91 Å². The van der Waals surface area contributed by atoms with E-state index in [1.807, 2.05) is 55.5 Å². The van der Waals surface area contributed by atoms with Crippen LogP contribution in [-0.2, 0) is 4.74 Å². The Morgan fingerprint density at radius 3 is 2.09 bits per heavy atom. The molecule has 1 N–H and O–H groups in total. The standard InChI is InChI=1S/C29H27NO5/c1-5-35-29(32)20-10-12-23(13-11-20)30-28(31)22-14-21-16-26(33-3)27(34-4)17-25(21)24(15-22)19-8-6-18(2)7-9-19/h6-17H,5H2,1-4H3,(H,30,31). The van der Waals surface area contributed by atoms with Crippen molar-refractivity contribution in [3.63, 3.8) is 0 Å². The van der Waals surface area contributed by atoms with Gasteiger partial charge in [-0.15, -0.1) is 0 Å². The second-order valence-corrected chi connectivity index (χ2v) is 8.07. The number of hydrogen-bond donors (Lipinski definition) is 1. The maximum atomic E-state index is 13.2. The van der Waals surface area contributed by atoms with Gasteiger partial charge in [-0.3, -0.25) is 4.79 Å². The summed E-state index contributed by atoms with van der Waals surface area (Å²) in [4.78, 5) is 25.1. The van der Waals surface area contributed by atoms with Gasteiger partial charge in [0.05, 0.1) is 26.4 Å². The van der Waals surface area contributed by atoms with E-state index in [0.29, 0.717) is 34.9 Å². The summed E-state index contributed by atoms with van der Waals surface area (Å²) < 4.78 is 16.0. The minimum absolute atomic E-state index is 0.265. The van der Waals surface area contributed by atoms with Gasteiger partial charge in [0.2, 0.25) is 0 Å². The van der Waals surface area contributed by atoms with Crippen molar-refractivity contribution in [1.82, 2.24) is 0 Å². The van der Waals surface area contributed by atoms with Crippen LogP contribution in [0.2, 0.25) is 0 Å². The van der Waals surface area contributed by atoms with E-state index >= 15 is 0 Å². The molecule has 0 atom stereocenters. The summed E-state index contributed by atoms with van der Waals surface area (Å²) in [7, 11) is 3.19. The molecule has 0 spiro atoms. The van der Waals surface area contributed by atoms with Crippen molar-refractivity contribution in [3.05, 3.63) is 89.5 Å². The molecule has 1 amide bonds. The van der Waals surface area contributed by atoms with E-state index in [1.165, 1.54) is 0 Å². The van der Waals surface area contributed by atoms with Gasteiger partial charge in [0.25, 0.3) is 5.91 Å². The molecule has 6 nitrogen and oxygen atoms in total. The van der Waals surface area contributed by atoms with Gasteiger partial charge in [-0.25, -0.2) is 4.79 Å². The molecule has 0 aromatic heterocycles. The van der Waals surface area contributed by atoms with E-state index in [2.05, 4.69) is 5.32 Å². The first-order valence-electron chi connectivity index (χ1n) is 11.3. The van der Waals surface area contributed by atoms with E-state index < -0.39 is 5.97 Å². The third kappa shape index (κ3) is 5.11. The lowest BCUT2D eigenvalue weighted by Crippen LogP contribution is -2.12. The van der Waals surface area contributed by atoms with Crippen LogP contribution < -0.4 is 14.8 Å². The number of amides is 1. The van der Waals surface area contributed by atoms with Gasteiger partial charge in [0.15, 0.2) is 11.5 Å². The SMILES string of the molecule is CCOC(=O)c1ccc(NC(=O)c2cc(-c3ccc(C)cc3)c3cc(OC)c(OC)cc3c2)cc1. The molecular formula is C29H27NO5. The molecule has 4 aromatic carbocycles. The van der Waals surface area contributed by atoms with Crippen LogP contribution >= 0.6 is 0 Å². The average molecular weight is 470 g/mol. The van der Waals surface area contributed by atoms with Crippen LogP contribution in [0.1, 0.15) is 33.2 Å². The lowest BCUT2D eigenvalue weighted by Gasteiger charge is -2.15. The number of carbonyl (C=O) groups is 2. The fourth-order valence-electron chi connectivity index (χ4n) is 3.90. The Hall–Kier alpha value is -4.32. The highest BCUT2D eigenvalue weighted by Crippen LogP contribution is 2.38. The van der Waals surface area contributed by atoms with Gasteiger partial charge in [-0.2, -0.15) is 0 Å². The molecule has 4 aromatic rings. The van der Waals surface area contributed by atoms with Gasteiger partial charge in [0.1, 0.15) is 0 Å². The fraction of sp³-hybridized carbons (Fsp3) is 0.172. The van der Waals surface area contributed by atoms with Crippen LogP contribution in [-0.4, -0.2) is 32.7 Å². The van der Waals surface area contributed by atoms with E-state index in [9.17, 15) is 9.59 Å². The Bertz CT molecular complexity index is 1380. The maximum Gasteiger partial charge on any atom is 0.338 e. The predicted molar refractivity (Wildman–Crippen MR) is 138 cm³/mol. The zero-order chi connectivity index (χ0) is 24.9. The number of carbonyl (C=O) groups excluding carboxylic acids is 2. The molecule has 35 heavy (non-hydrogen) atoms. The number of fused-ring (bicyclic) bond motifs is 1. The lowest BCUT2D eigenvalue weighted by atomic mass is 9.94. The Kier molecular flexibility index (Phi) is 7.01. The number of hydrogen-bond acceptors (Lipinski definition) is 5. The lowest BCUT2D eigenvalue weighted by molar-refractivity contribution is 0.0526. The summed E-state index contributed by atoms with van der Waals surface area (Å²) in [5.74, 6) is 0.542. The first-order valence-corrected chi connectivity index (χ1v) is 11.3. The molecule has 0 saturated carbocycles. The van der Waals surface area contributed by atoms with E-state index in [1.54, 1.807) is 45.4 Å². The van der Waals surface area contributed by atoms with Crippen LogP contribution in [0.4, 0.5) is 5.69 Å². The third-order valence-electron chi connectivity index (χ3n) is 5.74. The largest absolute Gasteiger partial charge is 0.493 e. The van der Waals surface area contributed by atoms with Crippen LogP contribution in [0.5, 0.6) is 11.5 Å². The summed E-state index contributed by atoms with van der Waals surface area (Å²) in [6, 6.07) is 22.3. The summed E-state index contributed by atoms with van der Waals surface area (Å²) in [5, 5.41) is 4.71. The maximum absolute atomic E-state index is 13.2. The minimum Gasteiger partial charge on any atom is -0.493 e. The smallest absolute Gasteiger partial charge is 0.338 e. The molecular weight excluding hydrogens is 442 g/mol. The number of methoxy groups -OCH3 is 2. The first-order chi connectivity index (χ1) is 16.9. The summed E-state index contributed by atoms with van der Waals surface area (Å²) >= 11 is 0. The highest BCUT2D eigenvalue weighted by Gasteiger charge is 2.16. The van der Waals surface area contributed by atoms with Gasteiger partial charge in [-0.05, 0) is 84.3 Å². The zero-order valence-electron chi connectivity index (χ0n) is 20.2. The Morgan fingerprint density at radius 1 is 0.800 bits per heavy atom. The predicted octanol–water partition coefficient (Wildman–Crippen LogP) is 6.26. The highest BCUT2D eigenvalue weighted by molar-refractivity contribution is 6.10. The van der Waals surface area contributed by atoms with Crippen molar-refractivity contribution in [2.45, 2.75) is 13.8 Å². The summed E-state index contributed by atoms with van der Waals surface area (Å²) in [6.45, 7) is 4.10. The van der Waals surface area contributed by atoms with Crippen molar-refractivity contribution >= 4 is 28.3 Å². The van der Waals surface area contributed by atoms with Crippen molar-refractivity contribution in [2.75, 3.05) is 26.1 Å². The Morgan fingerprint density at radius 2 is 1.46 bits per heavy atom. The van der Waals surface area contributed by atoms with Crippen molar-refractivity contribution < 1.29 is 23.8 Å². The molecule has 0 aliphatic rings. The first kappa shape index (κ1) is 23.8. The van der Waals surface area contributed by atoms with Gasteiger partial charge in [-0.1, -0.05) is 29.8 Å². The number of ether oxygens (including phenoxy) is 3. The van der Waals surface area contributed by atoms with E-state index in [4.69, 9.17) is 14.2 Å². The Balaban J connectivity index is 1.74. The number of anilines is 1. The molecule has 0 radical (unpaired) electrons. The quantitative estimate of drug-likeness (QED) is 0.323. The van der Waals surface area contributed by atoms with Crippen molar-refractivity contribution in [2.24, 2.45) is 0 Å². The monoisotopic (exact) mass is 469 g/mol. The number of rotatable bonds is 7.